The Bertz CT molecular complexity index is 1070. The molecular formula is C17H16ClN5O4S. The van der Waals surface area contributed by atoms with Crippen molar-refractivity contribution < 1.29 is 18.0 Å². The molecule has 0 aromatic carbocycles. The molecule has 2 rings (SSSR count). The van der Waals surface area contributed by atoms with Crippen LogP contribution in [0.2, 0.25) is 5.15 Å². The highest BCUT2D eigenvalue weighted by molar-refractivity contribution is 7.95. The number of terminal acetylenes is 1. The summed E-state index contributed by atoms with van der Waals surface area (Å²) in [5.41, 5.74) is 0.221. The Labute approximate surface area is 167 Å². The number of sulfone groups is 1. The van der Waals surface area contributed by atoms with E-state index in [0.29, 0.717) is 5.69 Å². The quantitative estimate of drug-likeness (QED) is 0.380. The van der Waals surface area contributed by atoms with Crippen LogP contribution in [0, 0.1) is 12.3 Å². The number of halogens is 1. The van der Waals surface area contributed by atoms with Crippen molar-refractivity contribution in [1.29, 1.82) is 0 Å². The maximum atomic E-state index is 13.0. The van der Waals surface area contributed by atoms with Gasteiger partial charge in [-0.2, -0.15) is 5.10 Å². The number of aromatic nitrogens is 3. The average Bonchev–Trinajstić information content (AvgIpc) is 3.04. The summed E-state index contributed by atoms with van der Waals surface area (Å²) in [6, 6.07) is 3.44. The number of nitrogens with zero attached hydrogens (tertiary/aromatic N) is 5. The molecule has 0 aliphatic carbocycles. The van der Waals surface area contributed by atoms with Crippen LogP contribution in [0.15, 0.2) is 47.4 Å². The van der Waals surface area contributed by atoms with Gasteiger partial charge in [-0.3, -0.25) is 14.7 Å². The predicted molar refractivity (Wildman–Crippen MR) is 106 cm³/mol. The number of amides is 1. The lowest BCUT2D eigenvalue weighted by molar-refractivity contribution is -0.112. The van der Waals surface area contributed by atoms with E-state index in [1.165, 1.54) is 18.0 Å². The van der Waals surface area contributed by atoms with E-state index in [9.17, 15) is 13.2 Å². The molecule has 0 fully saturated rings. The number of hydrogen-bond donors (Lipinski definition) is 0. The molecule has 0 atom stereocenters. The molecule has 0 unspecified atom stereocenters. The van der Waals surface area contributed by atoms with Gasteiger partial charge >= 0.3 is 0 Å². The molecule has 11 heteroatoms. The second-order valence-corrected chi connectivity index (χ2v) is 7.77. The van der Waals surface area contributed by atoms with Gasteiger partial charge in [0, 0.05) is 12.5 Å². The zero-order valence-corrected chi connectivity index (χ0v) is 16.6. The molecule has 2 heterocycles. The summed E-state index contributed by atoms with van der Waals surface area (Å²) in [5, 5.41) is 7.61. The van der Waals surface area contributed by atoms with Crippen molar-refractivity contribution in [3.05, 3.63) is 47.4 Å². The molecule has 2 aromatic rings. The fourth-order valence-electron chi connectivity index (χ4n) is 2.11. The second kappa shape index (κ2) is 8.69. The summed E-state index contributed by atoms with van der Waals surface area (Å²) in [5.74, 6) is 1.46. The monoisotopic (exact) mass is 421 g/mol. The third kappa shape index (κ3) is 4.57. The molecule has 146 valence electrons. The Balaban J connectivity index is 2.52. The van der Waals surface area contributed by atoms with E-state index in [1.807, 2.05) is 0 Å². The molecule has 0 bridgehead atoms. The highest BCUT2D eigenvalue weighted by atomic mass is 35.5. The van der Waals surface area contributed by atoms with Gasteiger partial charge in [-0.1, -0.05) is 29.3 Å². The zero-order valence-electron chi connectivity index (χ0n) is 15.0. The number of carbonyl (C=O) groups excluding carboxylic acids is 1. The van der Waals surface area contributed by atoms with Crippen molar-refractivity contribution in [3.63, 3.8) is 0 Å². The van der Waals surface area contributed by atoms with E-state index >= 15 is 0 Å². The van der Waals surface area contributed by atoms with Crippen molar-refractivity contribution in [2.45, 2.75) is 0 Å². The first-order valence-electron chi connectivity index (χ1n) is 7.62. The number of oxime groups is 1. The van der Waals surface area contributed by atoms with Gasteiger partial charge in [-0.05, 0) is 12.1 Å². The Kier molecular flexibility index (Phi) is 6.56. The van der Waals surface area contributed by atoms with Crippen LogP contribution < -0.4 is 4.90 Å². The summed E-state index contributed by atoms with van der Waals surface area (Å²) in [7, 11) is -2.65. The van der Waals surface area contributed by atoms with Crippen molar-refractivity contribution in [2.75, 3.05) is 24.8 Å². The lowest BCUT2D eigenvalue weighted by Gasteiger charge is -2.19. The van der Waals surface area contributed by atoms with Gasteiger partial charge < -0.3 is 4.84 Å². The average molecular weight is 422 g/mol. The second-order valence-electron chi connectivity index (χ2n) is 5.37. The van der Waals surface area contributed by atoms with Gasteiger partial charge in [-0.25, -0.2) is 13.1 Å². The summed E-state index contributed by atoms with van der Waals surface area (Å²) in [6.07, 6.45) is 10.9. The van der Waals surface area contributed by atoms with E-state index in [1.54, 1.807) is 24.5 Å². The smallest absolute Gasteiger partial charge is 0.282 e. The molecule has 0 aliphatic rings. The van der Waals surface area contributed by atoms with Crippen LogP contribution in [0.25, 0.3) is 5.69 Å². The first kappa shape index (κ1) is 21.1. The fraction of sp³-hybridized carbons (Fsp3) is 0.176. The van der Waals surface area contributed by atoms with Crippen LogP contribution in [0.4, 0.5) is 5.69 Å². The van der Waals surface area contributed by atoms with Crippen LogP contribution >= 0.6 is 11.6 Å². The molecule has 28 heavy (non-hydrogen) atoms. The third-order valence-corrected chi connectivity index (χ3v) is 4.80. The minimum absolute atomic E-state index is 0.0332. The fourth-order valence-corrected chi connectivity index (χ4v) is 2.82. The van der Waals surface area contributed by atoms with E-state index < -0.39 is 26.4 Å². The summed E-state index contributed by atoms with van der Waals surface area (Å²) < 4.78 is 25.1. The highest BCUT2D eigenvalue weighted by Gasteiger charge is 2.30. The Morgan fingerprint density at radius 3 is 2.79 bits per heavy atom. The number of carbonyl (C=O) groups is 1. The van der Waals surface area contributed by atoms with Crippen molar-refractivity contribution in [1.82, 2.24) is 14.8 Å². The molecule has 0 saturated heterocycles. The third-order valence-electron chi connectivity index (χ3n) is 3.44. The zero-order chi connectivity index (χ0) is 20.9. The maximum absolute atomic E-state index is 13.0. The van der Waals surface area contributed by atoms with Crippen molar-refractivity contribution >= 4 is 38.7 Å². The van der Waals surface area contributed by atoms with Gasteiger partial charge in [0.1, 0.15) is 12.8 Å². The van der Waals surface area contributed by atoms with Gasteiger partial charge in [0.05, 0.1) is 29.5 Å². The highest BCUT2D eigenvalue weighted by Crippen LogP contribution is 2.27. The number of rotatable bonds is 7. The van der Waals surface area contributed by atoms with Crippen LogP contribution in [0.5, 0.6) is 0 Å². The number of pyridine rings is 1. The van der Waals surface area contributed by atoms with E-state index in [0.717, 1.165) is 11.2 Å². The lowest BCUT2D eigenvalue weighted by atomic mass is 10.3. The SMILES string of the molecule is C#CCN(C(=O)C(=NOC)C(=C)S(C)(=O)=O)c1cn(-c2cccnc2)nc1Cl. The molecule has 0 aliphatic heterocycles. The molecular weight excluding hydrogens is 406 g/mol. The summed E-state index contributed by atoms with van der Waals surface area (Å²) in [4.78, 5) is 22.1. The largest absolute Gasteiger partial charge is 0.398 e. The van der Waals surface area contributed by atoms with Gasteiger partial charge in [0.25, 0.3) is 5.91 Å². The summed E-state index contributed by atoms with van der Waals surface area (Å²) >= 11 is 6.19. The molecule has 1 amide bonds. The van der Waals surface area contributed by atoms with Crippen molar-refractivity contribution in [3.8, 4) is 18.0 Å². The molecule has 9 nitrogen and oxygen atoms in total. The minimum Gasteiger partial charge on any atom is -0.398 e. The van der Waals surface area contributed by atoms with Gasteiger partial charge in [-0.15, -0.1) is 6.42 Å². The van der Waals surface area contributed by atoms with Gasteiger partial charge in [0.15, 0.2) is 20.7 Å². The van der Waals surface area contributed by atoms with E-state index in [-0.39, 0.29) is 17.4 Å². The molecule has 0 spiro atoms. The molecule has 0 saturated carbocycles. The Hall–Kier alpha value is -3.16. The standard InChI is InChI=1S/C17H16ClN5O4S/c1-5-9-22(17(24)15(21-27-3)12(2)28(4,25)26)14-11-23(20-16(14)18)13-7-6-8-19-10-13/h1,6-8,10-11H,2,9H2,3-4H3. The summed E-state index contributed by atoms with van der Waals surface area (Å²) in [6.45, 7) is 3.19. The Morgan fingerprint density at radius 2 is 2.25 bits per heavy atom. The van der Waals surface area contributed by atoms with Crippen LogP contribution in [0.3, 0.4) is 0 Å². The van der Waals surface area contributed by atoms with Crippen molar-refractivity contribution in [2.24, 2.45) is 5.16 Å². The van der Waals surface area contributed by atoms with E-state index in [2.05, 4.69) is 32.6 Å². The Morgan fingerprint density at radius 1 is 1.54 bits per heavy atom. The number of anilines is 1. The predicted octanol–water partition coefficient (Wildman–Crippen LogP) is 1.45. The number of hydrogen-bond acceptors (Lipinski definition) is 7. The molecule has 0 radical (unpaired) electrons. The first-order chi connectivity index (χ1) is 13.2. The maximum Gasteiger partial charge on any atom is 0.282 e. The molecule has 0 N–H and O–H groups in total. The lowest BCUT2D eigenvalue weighted by Crippen LogP contribution is -2.39. The molecule has 2 aromatic heterocycles. The van der Waals surface area contributed by atoms with Crippen LogP contribution in [-0.4, -0.2) is 54.7 Å². The van der Waals surface area contributed by atoms with Crippen LogP contribution in [-0.2, 0) is 19.5 Å². The van der Waals surface area contributed by atoms with E-state index in [4.69, 9.17) is 18.0 Å². The van der Waals surface area contributed by atoms with Crippen LogP contribution in [0.1, 0.15) is 0 Å². The normalized spacial score (nSPS) is 11.6. The topological polar surface area (TPSA) is 107 Å². The first-order valence-corrected chi connectivity index (χ1v) is 9.89. The minimum atomic E-state index is -3.81. The van der Waals surface area contributed by atoms with Gasteiger partial charge in [0.2, 0.25) is 0 Å².